The topological polar surface area (TPSA) is 12.4 Å². The van der Waals surface area contributed by atoms with Crippen molar-refractivity contribution in [3.63, 3.8) is 0 Å². The lowest BCUT2D eigenvalue weighted by Crippen LogP contribution is -1.89. The van der Waals surface area contributed by atoms with E-state index in [0.29, 0.717) is 5.92 Å². The molecule has 0 rings (SSSR count). The van der Waals surface area contributed by atoms with Crippen molar-refractivity contribution in [2.24, 2.45) is 10.9 Å². The van der Waals surface area contributed by atoms with Crippen LogP contribution in [0.1, 0.15) is 20.8 Å². The minimum absolute atomic E-state index is 0.391. The van der Waals surface area contributed by atoms with Crippen molar-refractivity contribution in [1.82, 2.24) is 0 Å². The van der Waals surface area contributed by atoms with Crippen LogP contribution in [-0.4, -0.2) is 6.21 Å². The van der Waals surface area contributed by atoms with Gasteiger partial charge in [0.15, 0.2) is 0 Å². The first kappa shape index (κ1) is 12.4. The zero-order chi connectivity index (χ0) is 10.3. The van der Waals surface area contributed by atoms with Gasteiger partial charge in [-0.05, 0) is 16.8 Å². The van der Waals surface area contributed by atoms with E-state index in [2.05, 4.69) is 35.3 Å². The van der Waals surface area contributed by atoms with Crippen molar-refractivity contribution in [1.29, 1.82) is 0 Å². The van der Waals surface area contributed by atoms with Gasteiger partial charge in [0.2, 0.25) is 0 Å². The number of hydrogen-bond acceptors (Lipinski definition) is 1. The Labute approximate surface area is 94.2 Å². The first-order chi connectivity index (χ1) is 6.11. The summed E-state index contributed by atoms with van der Waals surface area (Å²) in [5, 5.41) is 0. The quantitative estimate of drug-likeness (QED) is 0.427. The maximum atomic E-state index is 4.22. The van der Waals surface area contributed by atoms with E-state index >= 15 is 0 Å². The molecule has 0 aromatic rings. The molecule has 0 atom stereocenters. The molecule has 0 spiro atoms. The molecular formula is C11H14IN. The molecule has 2 heteroatoms. The summed E-state index contributed by atoms with van der Waals surface area (Å²) in [6.07, 6.45) is 3.69. The Kier molecular flexibility index (Phi) is 6.61. The zero-order valence-electron chi connectivity index (χ0n) is 8.26. The van der Waals surface area contributed by atoms with E-state index in [1.54, 1.807) is 6.21 Å². The molecule has 0 aromatic heterocycles. The lowest BCUT2D eigenvalue weighted by molar-refractivity contribution is 0.763. The zero-order valence-corrected chi connectivity index (χ0v) is 10.4. The van der Waals surface area contributed by atoms with Gasteiger partial charge in [0.25, 0.3) is 0 Å². The third-order valence-corrected chi connectivity index (χ3v) is 1.81. The van der Waals surface area contributed by atoms with Gasteiger partial charge >= 0.3 is 0 Å². The smallest absolute Gasteiger partial charge is 0.0424 e. The molecule has 0 aliphatic heterocycles. The Balaban J connectivity index is 4.39. The van der Waals surface area contributed by atoms with Crippen molar-refractivity contribution < 1.29 is 0 Å². The molecule has 0 fully saturated rings. The van der Waals surface area contributed by atoms with E-state index in [4.69, 9.17) is 0 Å². The minimum Gasteiger partial charge on any atom is -0.260 e. The van der Waals surface area contributed by atoms with Crippen molar-refractivity contribution in [3.05, 3.63) is 23.9 Å². The number of halogens is 1. The second-order valence-corrected chi connectivity index (χ2v) is 3.41. The number of nitrogens with zero attached hydrogens (tertiary/aromatic N) is 1. The van der Waals surface area contributed by atoms with Gasteiger partial charge in [0.05, 0.1) is 0 Å². The highest BCUT2D eigenvalue weighted by molar-refractivity contribution is 14.1. The Bertz CT molecular complexity index is 287. The van der Waals surface area contributed by atoms with Crippen LogP contribution in [0.2, 0.25) is 0 Å². The predicted molar refractivity (Wildman–Crippen MR) is 68.0 cm³/mol. The average Bonchev–Trinajstić information content (AvgIpc) is 2.11. The van der Waals surface area contributed by atoms with E-state index in [1.165, 1.54) is 0 Å². The molecule has 0 N–H and O–H groups in total. The van der Waals surface area contributed by atoms with Crippen LogP contribution in [0.25, 0.3) is 0 Å². The summed E-state index contributed by atoms with van der Waals surface area (Å²) in [5.74, 6) is 3.32. The third-order valence-electron chi connectivity index (χ3n) is 1.54. The van der Waals surface area contributed by atoms with Gasteiger partial charge in [-0.2, -0.15) is 0 Å². The maximum Gasteiger partial charge on any atom is 0.0424 e. The van der Waals surface area contributed by atoms with Crippen LogP contribution in [0.15, 0.2) is 28.9 Å². The number of aliphatic imine (C=N–C) groups is 1. The molecule has 0 saturated carbocycles. The van der Waals surface area contributed by atoms with Crippen LogP contribution < -0.4 is 0 Å². The van der Waals surface area contributed by atoms with E-state index in [0.717, 1.165) is 11.3 Å². The molecule has 1 nitrogen and oxygen atoms in total. The standard InChI is InChI=1S/C11H14IN/c1-5-11(6-7-12)8-13-10(4)9(2)3/h5,8-9H,4H2,1-3H3/b11-5-,13-8-. The Morgan fingerprint density at radius 3 is 2.54 bits per heavy atom. The average molecular weight is 287 g/mol. The molecule has 0 bridgehead atoms. The van der Waals surface area contributed by atoms with Crippen LogP contribution in [0.3, 0.4) is 0 Å². The SMILES string of the molecule is C=C(/N=C\C(C#CI)=C/C)C(C)C. The van der Waals surface area contributed by atoms with Gasteiger partial charge in [0, 0.05) is 40.1 Å². The predicted octanol–water partition coefficient (Wildman–Crippen LogP) is 3.57. The van der Waals surface area contributed by atoms with Gasteiger partial charge in [-0.1, -0.05) is 32.4 Å². The molecule has 0 saturated heterocycles. The van der Waals surface area contributed by atoms with Crippen LogP contribution in [0.4, 0.5) is 0 Å². The van der Waals surface area contributed by atoms with Crippen LogP contribution in [0.5, 0.6) is 0 Å². The van der Waals surface area contributed by atoms with Crippen LogP contribution in [-0.2, 0) is 0 Å². The number of allylic oxidation sites excluding steroid dienone is 3. The van der Waals surface area contributed by atoms with Gasteiger partial charge in [-0.15, -0.1) is 0 Å². The maximum absolute atomic E-state index is 4.22. The van der Waals surface area contributed by atoms with Crippen LogP contribution in [0, 0.1) is 15.8 Å². The fourth-order valence-corrected chi connectivity index (χ4v) is 0.846. The molecule has 70 valence electrons. The molecule has 0 aliphatic rings. The lowest BCUT2D eigenvalue weighted by Gasteiger charge is -2.01. The van der Waals surface area contributed by atoms with Crippen molar-refractivity contribution >= 4 is 28.8 Å². The van der Waals surface area contributed by atoms with Crippen LogP contribution >= 0.6 is 22.6 Å². The Morgan fingerprint density at radius 1 is 1.54 bits per heavy atom. The second kappa shape index (κ2) is 6.90. The monoisotopic (exact) mass is 287 g/mol. The summed E-state index contributed by atoms with van der Waals surface area (Å²) in [6, 6.07) is 0. The molecule has 0 heterocycles. The molecule has 0 unspecified atom stereocenters. The normalized spacial score (nSPS) is 11.6. The van der Waals surface area contributed by atoms with Gasteiger partial charge < -0.3 is 0 Å². The minimum atomic E-state index is 0.391. The Morgan fingerprint density at radius 2 is 2.15 bits per heavy atom. The third kappa shape index (κ3) is 5.64. The van der Waals surface area contributed by atoms with E-state index < -0.39 is 0 Å². The number of hydrogen-bond donors (Lipinski definition) is 0. The molecular weight excluding hydrogens is 273 g/mol. The molecule has 0 aliphatic carbocycles. The summed E-state index contributed by atoms with van der Waals surface area (Å²) in [7, 11) is 0. The van der Waals surface area contributed by atoms with Crippen molar-refractivity contribution in [2.75, 3.05) is 0 Å². The summed E-state index contributed by atoms with van der Waals surface area (Å²) < 4.78 is 2.80. The highest BCUT2D eigenvalue weighted by Gasteiger charge is 1.95. The van der Waals surface area contributed by atoms with Gasteiger partial charge in [-0.25, -0.2) is 0 Å². The molecule has 13 heavy (non-hydrogen) atoms. The van der Waals surface area contributed by atoms with Crippen molar-refractivity contribution in [2.45, 2.75) is 20.8 Å². The number of rotatable bonds is 3. The summed E-state index contributed by atoms with van der Waals surface area (Å²) in [4.78, 5) is 4.22. The molecule has 0 aromatic carbocycles. The summed E-state index contributed by atoms with van der Waals surface area (Å²) in [5.41, 5.74) is 1.81. The highest BCUT2D eigenvalue weighted by Crippen LogP contribution is 2.07. The van der Waals surface area contributed by atoms with Gasteiger partial charge in [-0.3, -0.25) is 4.99 Å². The van der Waals surface area contributed by atoms with Crippen molar-refractivity contribution in [3.8, 4) is 9.85 Å². The second-order valence-electron chi connectivity index (χ2n) is 2.87. The molecule has 0 radical (unpaired) electrons. The van der Waals surface area contributed by atoms with E-state index in [1.807, 2.05) is 35.6 Å². The Hall–Kier alpha value is -0.560. The highest BCUT2D eigenvalue weighted by atomic mass is 127. The fourth-order valence-electron chi connectivity index (χ4n) is 0.535. The summed E-state index contributed by atoms with van der Waals surface area (Å²) in [6.45, 7) is 9.93. The summed E-state index contributed by atoms with van der Waals surface area (Å²) >= 11 is 2.01. The molecule has 0 amide bonds. The first-order valence-electron chi connectivity index (χ1n) is 4.12. The van der Waals surface area contributed by atoms with E-state index in [9.17, 15) is 0 Å². The first-order valence-corrected chi connectivity index (χ1v) is 5.20. The lowest BCUT2D eigenvalue weighted by atomic mass is 10.2. The van der Waals surface area contributed by atoms with Gasteiger partial charge in [0.1, 0.15) is 0 Å². The largest absolute Gasteiger partial charge is 0.260 e. The fraction of sp³-hybridized carbons (Fsp3) is 0.364. The van der Waals surface area contributed by atoms with E-state index in [-0.39, 0.29) is 0 Å².